The molecule has 0 aromatic heterocycles. The zero-order valence-electron chi connectivity index (χ0n) is 30.5. The fourth-order valence-corrected chi connectivity index (χ4v) is 8.73. The van der Waals surface area contributed by atoms with Crippen molar-refractivity contribution in [2.24, 2.45) is 0 Å². The molecule has 1 aliphatic carbocycles. The van der Waals surface area contributed by atoms with Crippen molar-refractivity contribution in [1.82, 2.24) is 0 Å². The molecule has 54 heavy (non-hydrogen) atoms. The fraction of sp³-hybridized carbons (Fsp3) is 0.0566. The number of para-hydroxylation sites is 2. The van der Waals surface area contributed by atoms with Gasteiger partial charge in [-0.2, -0.15) is 0 Å². The topological polar surface area (TPSA) is 3.24 Å². The minimum atomic E-state index is -0.186. The van der Waals surface area contributed by atoms with Gasteiger partial charge in [0.15, 0.2) is 0 Å². The van der Waals surface area contributed by atoms with Gasteiger partial charge in [0.1, 0.15) is 0 Å². The van der Waals surface area contributed by atoms with Crippen molar-refractivity contribution in [3.8, 4) is 44.5 Å². The van der Waals surface area contributed by atoms with Crippen LogP contribution in [0.5, 0.6) is 0 Å². The fourth-order valence-electron chi connectivity index (χ4n) is 8.73. The van der Waals surface area contributed by atoms with E-state index >= 15 is 0 Å². The van der Waals surface area contributed by atoms with E-state index in [1.165, 1.54) is 77.2 Å². The lowest BCUT2D eigenvalue weighted by molar-refractivity contribution is 0.660. The molecule has 1 aliphatic rings. The highest BCUT2D eigenvalue weighted by Gasteiger charge is 2.37. The maximum atomic E-state index is 2.45. The Kier molecular flexibility index (Phi) is 7.56. The van der Waals surface area contributed by atoms with Crippen LogP contribution in [0.1, 0.15) is 25.0 Å². The van der Waals surface area contributed by atoms with Crippen LogP contribution in [-0.2, 0) is 5.41 Å². The number of rotatable bonds is 6. The largest absolute Gasteiger partial charge is 0.310 e. The third-order valence-corrected chi connectivity index (χ3v) is 11.4. The summed E-state index contributed by atoms with van der Waals surface area (Å²) in [5.41, 5.74) is 16.0. The molecule has 10 rings (SSSR count). The van der Waals surface area contributed by atoms with Crippen LogP contribution in [-0.4, -0.2) is 0 Å². The van der Waals surface area contributed by atoms with Gasteiger partial charge in [0.05, 0.1) is 5.69 Å². The Morgan fingerprint density at radius 2 is 0.944 bits per heavy atom. The highest BCUT2D eigenvalue weighted by molar-refractivity contribution is 6.01. The van der Waals surface area contributed by atoms with E-state index < -0.39 is 0 Å². The summed E-state index contributed by atoms with van der Waals surface area (Å²) in [5.74, 6) is 0. The van der Waals surface area contributed by atoms with Crippen molar-refractivity contribution < 1.29 is 0 Å². The smallest absolute Gasteiger partial charge is 0.0540 e. The van der Waals surface area contributed by atoms with Gasteiger partial charge in [-0.3, -0.25) is 0 Å². The van der Waals surface area contributed by atoms with E-state index in [9.17, 15) is 0 Å². The second kappa shape index (κ2) is 12.8. The van der Waals surface area contributed by atoms with Crippen molar-refractivity contribution in [1.29, 1.82) is 0 Å². The van der Waals surface area contributed by atoms with Crippen LogP contribution in [0.25, 0.3) is 66.1 Å². The molecule has 0 spiro atoms. The molecule has 0 radical (unpaired) electrons. The molecule has 0 saturated heterocycles. The maximum absolute atomic E-state index is 2.45. The lowest BCUT2D eigenvalue weighted by atomic mass is 9.81. The predicted octanol–water partition coefficient (Wildman–Crippen LogP) is 14.8. The Morgan fingerprint density at radius 1 is 0.333 bits per heavy atom. The first kappa shape index (κ1) is 32.0. The van der Waals surface area contributed by atoms with E-state index in [-0.39, 0.29) is 5.41 Å². The number of hydrogen-bond acceptors (Lipinski definition) is 1. The predicted molar refractivity (Wildman–Crippen MR) is 230 cm³/mol. The maximum Gasteiger partial charge on any atom is 0.0540 e. The molecule has 0 N–H and O–H groups in total. The molecule has 0 unspecified atom stereocenters. The van der Waals surface area contributed by atoms with Crippen LogP contribution in [0.15, 0.2) is 200 Å². The normalized spacial score (nSPS) is 12.8. The highest BCUT2D eigenvalue weighted by Crippen LogP contribution is 2.54. The van der Waals surface area contributed by atoms with Gasteiger partial charge >= 0.3 is 0 Å². The number of anilines is 3. The zero-order chi connectivity index (χ0) is 36.2. The van der Waals surface area contributed by atoms with Crippen LogP contribution in [0.3, 0.4) is 0 Å². The van der Waals surface area contributed by atoms with Crippen molar-refractivity contribution >= 4 is 38.6 Å². The van der Waals surface area contributed by atoms with Crippen LogP contribution < -0.4 is 4.90 Å². The van der Waals surface area contributed by atoms with E-state index in [1.54, 1.807) is 0 Å². The third-order valence-electron chi connectivity index (χ3n) is 11.4. The summed E-state index contributed by atoms with van der Waals surface area (Å²) in [6.07, 6.45) is 0. The Morgan fingerprint density at radius 3 is 1.70 bits per heavy atom. The Balaban J connectivity index is 1.17. The average molecular weight is 690 g/mol. The first-order chi connectivity index (χ1) is 26.5. The molecule has 9 aromatic carbocycles. The van der Waals surface area contributed by atoms with Gasteiger partial charge in [0.2, 0.25) is 0 Å². The molecule has 0 aliphatic heterocycles. The lowest BCUT2D eigenvalue weighted by Crippen LogP contribution is -2.17. The van der Waals surface area contributed by atoms with Crippen molar-refractivity contribution in [2.75, 3.05) is 4.90 Å². The first-order valence-corrected chi connectivity index (χ1v) is 18.8. The minimum Gasteiger partial charge on any atom is -0.310 e. The van der Waals surface area contributed by atoms with Crippen molar-refractivity contribution in [3.63, 3.8) is 0 Å². The van der Waals surface area contributed by atoms with Crippen LogP contribution >= 0.6 is 0 Å². The molecule has 0 saturated carbocycles. The summed E-state index contributed by atoms with van der Waals surface area (Å²) in [6, 6.07) is 73.4. The molecule has 0 fully saturated rings. The summed E-state index contributed by atoms with van der Waals surface area (Å²) in [4.78, 5) is 2.45. The van der Waals surface area contributed by atoms with Gasteiger partial charge in [-0.25, -0.2) is 0 Å². The van der Waals surface area contributed by atoms with Gasteiger partial charge in [0, 0.05) is 22.4 Å². The van der Waals surface area contributed by atoms with E-state index in [0.29, 0.717) is 0 Å². The number of benzene rings is 9. The molecule has 1 nitrogen and oxygen atoms in total. The molecule has 0 atom stereocenters. The first-order valence-electron chi connectivity index (χ1n) is 18.8. The van der Waals surface area contributed by atoms with Gasteiger partial charge in [-0.1, -0.05) is 166 Å². The van der Waals surface area contributed by atoms with Crippen LogP contribution in [0.2, 0.25) is 0 Å². The summed E-state index contributed by atoms with van der Waals surface area (Å²) in [5, 5.41) is 4.99. The lowest BCUT2D eigenvalue weighted by Gasteiger charge is -2.30. The molecule has 9 aromatic rings. The molecular weight excluding hydrogens is 651 g/mol. The second-order valence-corrected chi connectivity index (χ2v) is 14.9. The molecule has 0 heterocycles. The summed E-state index contributed by atoms with van der Waals surface area (Å²) in [7, 11) is 0. The van der Waals surface area contributed by atoms with Gasteiger partial charge < -0.3 is 4.90 Å². The molecule has 1 heteroatoms. The van der Waals surface area contributed by atoms with Crippen LogP contribution in [0, 0.1) is 0 Å². The average Bonchev–Trinajstić information content (AvgIpc) is 3.46. The molecule has 0 bridgehead atoms. The SMILES string of the molecule is CC1(C)c2cc(N(c3ccccc3)c3ccccc3-c3cc4ccccc4cc3-c3ccccc3)ccc2-c2c(-c3ccc4ccccc4c3)cccc21. The zero-order valence-corrected chi connectivity index (χ0v) is 30.5. The Bertz CT molecular complexity index is 2850. The molecular formula is C53H39N. The van der Waals surface area contributed by atoms with Gasteiger partial charge in [-0.15, -0.1) is 0 Å². The van der Waals surface area contributed by atoms with E-state index in [0.717, 1.165) is 17.1 Å². The van der Waals surface area contributed by atoms with E-state index in [4.69, 9.17) is 0 Å². The second-order valence-electron chi connectivity index (χ2n) is 14.9. The standard InChI is InChI=1S/C53H39N/c1-53(2)49-26-15-25-44(41-29-28-36-16-9-10-19-38(36)32-41)52(49)46-31-30-43(35-50(46)53)54(42-22-7-4-8-23-42)51-27-14-13-24-45(51)48-34-40-21-12-11-20-39(40)33-47(48)37-17-5-3-6-18-37/h3-35H,1-2H3. The van der Waals surface area contributed by atoms with Gasteiger partial charge in [0.25, 0.3) is 0 Å². The summed E-state index contributed by atoms with van der Waals surface area (Å²) >= 11 is 0. The van der Waals surface area contributed by atoms with Gasteiger partial charge in [-0.05, 0) is 120 Å². The monoisotopic (exact) mass is 689 g/mol. The number of nitrogens with zero attached hydrogens (tertiary/aromatic N) is 1. The Hall–Kier alpha value is -6.70. The molecule has 256 valence electrons. The third kappa shape index (κ3) is 5.24. The molecule has 0 amide bonds. The van der Waals surface area contributed by atoms with E-state index in [2.05, 4.69) is 219 Å². The number of fused-ring (bicyclic) bond motifs is 5. The quantitative estimate of drug-likeness (QED) is 0.168. The Labute approximate surface area is 317 Å². The van der Waals surface area contributed by atoms with E-state index in [1.807, 2.05) is 0 Å². The highest BCUT2D eigenvalue weighted by atomic mass is 15.1. The van der Waals surface area contributed by atoms with Crippen molar-refractivity contribution in [3.05, 3.63) is 211 Å². The summed E-state index contributed by atoms with van der Waals surface area (Å²) < 4.78 is 0. The van der Waals surface area contributed by atoms with Crippen molar-refractivity contribution in [2.45, 2.75) is 19.3 Å². The number of hydrogen-bond donors (Lipinski definition) is 0. The minimum absolute atomic E-state index is 0.186. The van der Waals surface area contributed by atoms with Crippen LogP contribution in [0.4, 0.5) is 17.1 Å². The summed E-state index contributed by atoms with van der Waals surface area (Å²) in [6.45, 7) is 4.77.